The van der Waals surface area contributed by atoms with Crippen molar-refractivity contribution in [3.63, 3.8) is 0 Å². The Morgan fingerprint density at radius 3 is 2.85 bits per heavy atom. The maximum Gasteiger partial charge on any atom is 0.586 e. The van der Waals surface area contributed by atoms with Gasteiger partial charge in [-0.15, -0.1) is 8.78 Å². The lowest BCUT2D eigenvalue weighted by atomic mass is 10.1. The molecule has 0 spiro atoms. The summed E-state index contributed by atoms with van der Waals surface area (Å²) in [5.74, 6) is 0.652. The van der Waals surface area contributed by atoms with Gasteiger partial charge in [-0.3, -0.25) is 0 Å². The van der Waals surface area contributed by atoms with Crippen LogP contribution in [0, 0.1) is 0 Å². The highest BCUT2D eigenvalue weighted by Gasteiger charge is 2.46. The highest BCUT2D eigenvalue weighted by molar-refractivity contribution is 6.35. The number of alkyl halides is 2. The van der Waals surface area contributed by atoms with Crippen LogP contribution in [0.4, 0.5) is 20.4 Å². The molecule has 0 bridgehead atoms. The molecule has 2 heterocycles. The molecule has 1 saturated carbocycles. The summed E-state index contributed by atoms with van der Waals surface area (Å²) in [6.07, 6.45) is -0.114. The molecule has 0 amide bonds. The first-order valence-electron chi connectivity index (χ1n) is 8.11. The molecule has 0 unspecified atom stereocenters. The minimum absolute atomic E-state index is 0.0146. The highest BCUT2D eigenvalue weighted by Crippen LogP contribution is 2.53. The van der Waals surface area contributed by atoms with Crippen LogP contribution >= 0.6 is 11.6 Å². The smallest absolute Gasteiger partial charge is 0.395 e. The van der Waals surface area contributed by atoms with Crippen LogP contribution in [0.25, 0.3) is 10.9 Å². The molecule has 0 atom stereocenters. The van der Waals surface area contributed by atoms with Crippen molar-refractivity contribution in [2.45, 2.75) is 25.1 Å². The Balaban J connectivity index is 1.53. The minimum Gasteiger partial charge on any atom is -0.395 e. The van der Waals surface area contributed by atoms with Crippen LogP contribution in [0.1, 0.15) is 24.3 Å². The Kier molecular flexibility index (Phi) is 3.24. The molecule has 2 aromatic carbocycles. The van der Waals surface area contributed by atoms with Gasteiger partial charge in [-0.1, -0.05) is 23.7 Å². The minimum atomic E-state index is -3.64. The standard InChI is InChI=1S/C18H12ClF2N3O2/c19-13-3-1-2-10-8-22-17(24-15(10)13)23-11-6-12(9-4-5-9)16-14(7-11)25-18(20,21)26-16/h1-3,6-9H,4-5H2,(H,22,23,24). The van der Waals surface area contributed by atoms with E-state index in [4.69, 9.17) is 11.6 Å². The number of para-hydroxylation sites is 1. The van der Waals surface area contributed by atoms with Gasteiger partial charge in [0.15, 0.2) is 11.5 Å². The molecule has 1 aliphatic heterocycles. The quantitative estimate of drug-likeness (QED) is 0.679. The number of benzene rings is 2. The number of anilines is 2. The van der Waals surface area contributed by atoms with E-state index in [0.717, 1.165) is 18.2 Å². The van der Waals surface area contributed by atoms with Crippen molar-refractivity contribution in [2.75, 3.05) is 5.32 Å². The number of ether oxygens (including phenoxy) is 2. The summed E-state index contributed by atoms with van der Waals surface area (Å²) < 4.78 is 36.2. The topological polar surface area (TPSA) is 56.3 Å². The second-order valence-corrected chi connectivity index (χ2v) is 6.74. The second-order valence-electron chi connectivity index (χ2n) is 6.33. The third-order valence-corrected chi connectivity index (χ3v) is 4.67. The van der Waals surface area contributed by atoms with Crippen molar-refractivity contribution in [1.82, 2.24) is 9.97 Å². The molecule has 0 saturated heterocycles. The Morgan fingerprint density at radius 1 is 1.19 bits per heavy atom. The number of rotatable bonds is 3. The second kappa shape index (κ2) is 5.41. The molecule has 1 aliphatic carbocycles. The van der Waals surface area contributed by atoms with Crippen LogP contribution in [0.2, 0.25) is 5.02 Å². The van der Waals surface area contributed by atoms with Gasteiger partial charge in [0.2, 0.25) is 5.95 Å². The van der Waals surface area contributed by atoms with Crippen molar-refractivity contribution in [2.24, 2.45) is 0 Å². The highest BCUT2D eigenvalue weighted by atomic mass is 35.5. The van der Waals surface area contributed by atoms with Gasteiger partial charge in [-0.25, -0.2) is 9.97 Å². The molecule has 3 aromatic rings. The lowest BCUT2D eigenvalue weighted by molar-refractivity contribution is -0.286. The van der Waals surface area contributed by atoms with Crippen molar-refractivity contribution >= 4 is 34.1 Å². The molecule has 5 rings (SSSR count). The lowest BCUT2D eigenvalue weighted by Gasteiger charge is -2.10. The molecule has 2 aliphatic rings. The van der Waals surface area contributed by atoms with Gasteiger partial charge < -0.3 is 14.8 Å². The Bertz CT molecular complexity index is 1040. The Labute approximate surface area is 151 Å². The van der Waals surface area contributed by atoms with E-state index >= 15 is 0 Å². The first kappa shape index (κ1) is 15.6. The van der Waals surface area contributed by atoms with Crippen LogP contribution in [0.3, 0.4) is 0 Å². The van der Waals surface area contributed by atoms with Gasteiger partial charge in [-0.05, 0) is 30.9 Å². The number of aromatic nitrogens is 2. The van der Waals surface area contributed by atoms with E-state index in [9.17, 15) is 8.78 Å². The predicted octanol–water partition coefficient (Wildman–Crippen LogP) is 5.23. The molecular formula is C18H12ClF2N3O2. The van der Waals surface area contributed by atoms with Gasteiger partial charge in [0.05, 0.1) is 10.5 Å². The number of hydrogen-bond acceptors (Lipinski definition) is 5. The van der Waals surface area contributed by atoms with Gasteiger partial charge in [0.25, 0.3) is 0 Å². The number of nitrogens with one attached hydrogen (secondary N) is 1. The summed E-state index contributed by atoms with van der Waals surface area (Å²) >= 11 is 6.18. The average molecular weight is 376 g/mol. The molecule has 1 N–H and O–H groups in total. The first-order chi connectivity index (χ1) is 12.5. The summed E-state index contributed by atoms with van der Waals surface area (Å²) in [5.41, 5.74) is 1.88. The average Bonchev–Trinajstić information content (AvgIpc) is 3.37. The zero-order valence-electron chi connectivity index (χ0n) is 13.3. The number of nitrogens with zero attached hydrogens (tertiary/aromatic N) is 2. The van der Waals surface area contributed by atoms with Gasteiger partial charge >= 0.3 is 6.29 Å². The molecule has 0 radical (unpaired) electrons. The fourth-order valence-electron chi connectivity index (χ4n) is 3.06. The summed E-state index contributed by atoms with van der Waals surface area (Å²) in [7, 11) is 0. The maximum atomic E-state index is 13.5. The Morgan fingerprint density at radius 2 is 2.04 bits per heavy atom. The van der Waals surface area contributed by atoms with E-state index in [1.54, 1.807) is 18.3 Å². The third kappa shape index (κ3) is 2.68. The number of halogens is 3. The van der Waals surface area contributed by atoms with E-state index in [-0.39, 0.29) is 17.4 Å². The molecule has 132 valence electrons. The van der Waals surface area contributed by atoms with E-state index in [1.165, 1.54) is 6.07 Å². The molecule has 1 fully saturated rings. The zero-order valence-corrected chi connectivity index (χ0v) is 14.1. The van der Waals surface area contributed by atoms with E-state index in [1.807, 2.05) is 12.1 Å². The number of fused-ring (bicyclic) bond motifs is 2. The maximum absolute atomic E-state index is 13.5. The van der Waals surface area contributed by atoms with Crippen molar-refractivity contribution in [3.8, 4) is 11.5 Å². The first-order valence-corrected chi connectivity index (χ1v) is 8.48. The summed E-state index contributed by atoms with van der Waals surface area (Å²) in [4.78, 5) is 8.66. The largest absolute Gasteiger partial charge is 0.586 e. The van der Waals surface area contributed by atoms with Crippen LogP contribution < -0.4 is 14.8 Å². The summed E-state index contributed by atoms with van der Waals surface area (Å²) in [6, 6.07) is 8.66. The fraction of sp³-hybridized carbons (Fsp3) is 0.222. The number of hydrogen-bond donors (Lipinski definition) is 1. The molecule has 26 heavy (non-hydrogen) atoms. The van der Waals surface area contributed by atoms with Crippen LogP contribution in [-0.2, 0) is 0 Å². The Hall–Kier alpha value is -2.67. The van der Waals surface area contributed by atoms with Gasteiger partial charge in [0, 0.05) is 28.9 Å². The van der Waals surface area contributed by atoms with Gasteiger partial charge in [-0.2, -0.15) is 0 Å². The van der Waals surface area contributed by atoms with Crippen LogP contribution in [0.15, 0.2) is 36.5 Å². The van der Waals surface area contributed by atoms with Crippen molar-refractivity contribution in [3.05, 3.63) is 47.1 Å². The van der Waals surface area contributed by atoms with E-state index in [0.29, 0.717) is 27.7 Å². The summed E-state index contributed by atoms with van der Waals surface area (Å²) in [6.45, 7) is 0. The molecule has 5 nitrogen and oxygen atoms in total. The van der Waals surface area contributed by atoms with Crippen molar-refractivity contribution < 1.29 is 18.3 Å². The predicted molar refractivity (Wildman–Crippen MR) is 92.5 cm³/mol. The molecule has 1 aromatic heterocycles. The van der Waals surface area contributed by atoms with Gasteiger partial charge in [0.1, 0.15) is 0 Å². The lowest BCUT2D eigenvalue weighted by Crippen LogP contribution is -2.26. The summed E-state index contributed by atoms with van der Waals surface area (Å²) in [5, 5.41) is 4.37. The normalized spacial score (nSPS) is 17.5. The SMILES string of the molecule is FC1(F)Oc2cc(Nc3ncc4cccc(Cl)c4n3)cc(C3CC3)c2O1. The molecular weight excluding hydrogens is 364 g/mol. The monoisotopic (exact) mass is 375 g/mol. The van der Waals surface area contributed by atoms with E-state index in [2.05, 4.69) is 24.8 Å². The van der Waals surface area contributed by atoms with Crippen molar-refractivity contribution in [1.29, 1.82) is 0 Å². The van der Waals surface area contributed by atoms with Crippen LogP contribution in [0.5, 0.6) is 11.5 Å². The zero-order chi connectivity index (χ0) is 17.9. The fourth-order valence-corrected chi connectivity index (χ4v) is 3.28. The molecule has 8 heteroatoms. The van der Waals surface area contributed by atoms with Crippen LogP contribution in [-0.4, -0.2) is 16.3 Å². The third-order valence-electron chi connectivity index (χ3n) is 4.37. The van der Waals surface area contributed by atoms with E-state index < -0.39 is 6.29 Å².